The second-order valence-corrected chi connectivity index (χ2v) is 3.30. The van der Waals surface area contributed by atoms with Gasteiger partial charge in [0.1, 0.15) is 0 Å². The van der Waals surface area contributed by atoms with E-state index in [1.54, 1.807) is 18.2 Å². The third-order valence-corrected chi connectivity index (χ3v) is 2.29. The van der Waals surface area contributed by atoms with Crippen molar-refractivity contribution in [3.8, 4) is 0 Å². The monoisotopic (exact) mass is 194 g/mol. The van der Waals surface area contributed by atoms with Crippen molar-refractivity contribution >= 4 is 29.4 Å². The molecule has 2 N–H and O–H groups in total. The molecule has 1 unspecified atom stereocenters. The number of benzene rings is 1. The number of fused-ring (bicyclic) bond motifs is 1. The van der Waals surface area contributed by atoms with Crippen LogP contribution in [0.1, 0.15) is 11.5 Å². The lowest BCUT2D eigenvalue weighted by molar-refractivity contribution is -0.115. The van der Waals surface area contributed by atoms with Crippen molar-refractivity contribution in [3.63, 3.8) is 0 Å². The molecule has 0 aromatic heterocycles. The van der Waals surface area contributed by atoms with Gasteiger partial charge >= 0.3 is 0 Å². The maximum absolute atomic E-state index is 11.3. The zero-order valence-corrected chi connectivity index (χ0v) is 7.43. The van der Waals surface area contributed by atoms with E-state index in [0.29, 0.717) is 5.02 Å². The topological polar surface area (TPSA) is 53.0 Å². The number of rotatable bonds is 1. The Morgan fingerprint density at radius 2 is 2.31 bits per heavy atom. The summed E-state index contributed by atoms with van der Waals surface area (Å²) in [6.45, 7) is 0. The molecule has 1 amide bonds. The van der Waals surface area contributed by atoms with Crippen molar-refractivity contribution in [1.82, 2.24) is 0 Å². The highest BCUT2D eigenvalue weighted by Gasteiger charge is 2.28. The Bertz CT molecular complexity index is 389. The first-order chi connectivity index (χ1) is 6.22. The van der Waals surface area contributed by atoms with E-state index in [1.807, 2.05) is 0 Å². The molecule has 1 heterocycles. The number of hydrogen-bond acceptors (Lipinski definition) is 2. The van der Waals surface area contributed by atoms with Gasteiger partial charge in [-0.1, -0.05) is 11.6 Å². The molecule has 1 aliphatic heterocycles. The van der Waals surface area contributed by atoms with Gasteiger partial charge in [-0.25, -0.2) is 0 Å². The second-order valence-electron chi connectivity index (χ2n) is 2.87. The lowest BCUT2D eigenvalue weighted by Gasteiger charge is -2.00. The lowest BCUT2D eigenvalue weighted by atomic mass is 10.0. The minimum atomic E-state index is -0.478. The first-order valence-electron chi connectivity index (χ1n) is 3.83. The normalized spacial score (nSPS) is 19.5. The molecule has 0 fully saturated rings. The molecule has 0 aliphatic carbocycles. The van der Waals surface area contributed by atoms with Crippen LogP contribution in [0.3, 0.4) is 0 Å². The van der Waals surface area contributed by atoms with Crippen LogP contribution in [-0.4, -0.2) is 12.1 Å². The van der Waals surface area contributed by atoms with Crippen LogP contribution in [0.5, 0.6) is 0 Å². The summed E-state index contributed by atoms with van der Waals surface area (Å²) >= 11 is 5.78. The van der Waals surface area contributed by atoms with Crippen LogP contribution < -0.4 is 5.32 Å². The third-order valence-electron chi connectivity index (χ3n) is 2.06. The maximum atomic E-state index is 11.3. The van der Waals surface area contributed by atoms with Gasteiger partial charge in [0, 0.05) is 16.9 Å². The van der Waals surface area contributed by atoms with Crippen molar-refractivity contribution in [3.05, 3.63) is 28.8 Å². The van der Waals surface area contributed by atoms with Crippen molar-refractivity contribution in [2.75, 3.05) is 5.32 Å². The number of anilines is 1. The lowest BCUT2D eigenvalue weighted by Crippen LogP contribution is -2.12. The van der Waals surface area contributed by atoms with Crippen LogP contribution >= 0.6 is 11.6 Å². The van der Waals surface area contributed by atoms with Gasteiger partial charge in [0.05, 0.1) is 5.92 Å². The highest BCUT2D eigenvalue weighted by Crippen LogP contribution is 2.32. The number of halogens is 1. The van der Waals surface area contributed by atoms with Crippen LogP contribution in [0, 0.1) is 5.41 Å². The SMILES string of the molecule is N=CC1C(=O)Nc2ccc(Cl)cc21. The van der Waals surface area contributed by atoms with E-state index in [1.165, 1.54) is 0 Å². The molecule has 1 aromatic carbocycles. The Labute approximate surface area is 80.2 Å². The van der Waals surface area contributed by atoms with Crippen molar-refractivity contribution in [1.29, 1.82) is 5.41 Å². The quantitative estimate of drug-likeness (QED) is 0.661. The van der Waals surface area contributed by atoms with E-state index in [9.17, 15) is 4.79 Å². The van der Waals surface area contributed by atoms with Crippen LogP contribution in [-0.2, 0) is 4.79 Å². The second kappa shape index (κ2) is 2.85. The molecule has 0 saturated carbocycles. The molecule has 3 nitrogen and oxygen atoms in total. The Morgan fingerprint density at radius 1 is 1.54 bits per heavy atom. The molecule has 0 saturated heterocycles. The Morgan fingerprint density at radius 3 is 3.00 bits per heavy atom. The van der Waals surface area contributed by atoms with Crippen molar-refractivity contribution < 1.29 is 4.79 Å². The molecule has 0 radical (unpaired) electrons. The number of amides is 1. The molecule has 1 atom stereocenters. The van der Waals surface area contributed by atoms with E-state index >= 15 is 0 Å². The third kappa shape index (κ3) is 1.21. The fraction of sp³-hybridized carbons (Fsp3) is 0.111. The minimum Gasteiger partial charge on any atom is -0.325 e. The Balaban J connectivity index is 2.55. The smallest absolute Gasteiger partial charge is 0.237 e. The summed E-state index contributed by atoms with van der Waals surface area (Å²) in [7, 11) is 0. The summed E-state index contributed by atoms with van der Waals surface area (Å²) in [6, 6.07) is 5.18. The zero-order valence-electron chi connectivity index (χ0n) is 6.67. The molecule has 4 heteroatoms. The van der Waals surface area contributed by atoms with E-state index in [2.05, 4.69) is 5.32 Å². The average molecular weight is 195 g/mol. The zero-order chi connectivity index (χ0) is 9.42. The van der Waals surface area contributed by atoms with Gasteiger partial charge in [-0.2, -0.15) is 0 Å². The van der Waals surface area contributed by atoms with Crippen molar-refractivity contribution in [2.45, 2.75) is 5.92 Å². The average Bonchev–Trinajstić information content (AvgIpc) is 2.40. The van der Waals surface area contributed by atoms with Crippen LogP contribution in [0.25, 0.3) is 0 Å². The number of carbonyl (C=O) groups is 1. The number of carbonyl (C=O) groups excluding carboxylic acids is 1. The van der Waals surface area contributed by atoms with E-state index in [0.717, 1.165) is 17.5 Å². The Hall–Kier alpha value is -1.35. The van der Waals surface area contributed by atoms with E-state index in [4.69, 9.17) is 17.0 Å². The first kappa shape index (κ1) is 8.26. The summed E-state index contributed by atoms with van der Waals surface area (Å²) in [5, 5.41) is 10.4. The van der Waals surface area contributed by atoms with Gasteiger partial charge < -0.3 is 10.7 Å². The van der Waals surface area contributed by atoms with Gasteiger partial charge in [-0.15, -0.1) is 0 Å². The molecule has 1 aromatic rings. The largest absolute Gasteiger partial charge is 0.325 e. The number of hydrogen-bond donors (Lipinski definition) is 2. The van der Waals surface area contributed by atoms with Gasteiger partial charge in [0.2, 0.25) is 5.91 Å². The van der Waals surface area contributed by atoms with E-state index < -0.39 is 5.92 Å². The fourth-order valence-electron chi connectivity index (χ4n) is 1.42. The highest BCUT2D eigenvalue weighted by molar-refractivity contribution is 6.31. The fourth-order valence-corrected chi connectivity index (χ4v) is 1.60. The first-order valence-corrected chi connectivity index (χ1v) is 4.21. The van der Waals surface area contributed by atoms with Crippen LogP contribution in [0.15, 0.2) is 18.2 Å². The summed E-state index contributed by atoms with van der Waals surface area (Å²) < 4.78 is 0. The number of nitrogens with one attached hydrogen (secondary N) is 2. The van der Waals surface area contributed by atoms with Gasteiger partial charge in [0.25, 0.3) is 0 Å². The minimum absolute atomic E-state index is 0.160. The Kier molecular flexibility index (Phi) is 1.81. The van der Waals surface area contributed by atoms with Crippen LogP contribution in [0.2, 0.25) is 5.02 Å². The van der Waals surface area contributed by atoms with Crippen LogP contribution in [0.4, 0.5) is 5.69 Å². The van der Waals surface area contributed by atoms with Crippen molar-refractivity contribution in [2.24, 2.45) is 0 Å². The summed E-state index contributed by atoms with van der Waals surface area (Å²) in [5.41, 5.74) is 1.54. The summed E-state index contributed by atoms with van der Waals surface area (Å²) in [5.74, 6) is -0.638. The highest BCUT2D eigenvalue weighted by atomic mass is 35.5. The molecule has 0 bridgehead atoms. The summed E-state index contributed by atoms with van der Waals surface area (Å²) in [4.78, 5) is 11.3. The predicted molar refractivity (Wildman–Crippen MR) is 51.6 cm³/mol. The molecular formula is C9H7ClN2O. The predicted octanol–water partition coefficient (Wildman–Crippen LogP) is 2.03. The molecule has 66 valence electrons. The summed E-state index contributed by atoms with van der Waals surface area (Å²) in [6.07, 6.45) is 1.12. The maximum Gasteiger partial charge on any atom is 0.237 e. The van der Waals surface area contributed by atoms with Gasteiger partial charge in [0.15, 0.2) is 0 Å². The van der Waals surface area contributed by atoms with E-state index in [-0.39, 0.29) is 5.91 Å². The molecule has 2 rings (SSSR count). The molecular weight excluding hydrogens is 188 g/mol. The van der Waals surface area contributed by atoms with Gasteiger partial charge in [-0.05, 0) is 23.8 Å². The molecule has 0 spiro atoms. The molecule has 1 aliphatic rings. The van der Waals surface area contributed by atoms with Gasteiger partial charge in [-0.3, -0.25) is 4.79 Å². The standard InChI is InChI=1S/C9H7ClN2O/c10-5-1-2-8-6(3-5)7(4-11)9(13)12-8/h1-4,7,11H,(H,12,13). The molecule has 13 heavy (non-hydrogen) atoms.